The van der Waals surface area contributed by atoms with Crippen LogP contribution in [-0.2, 0) is 7.05 Å². The van der Waals surface area contributed by atoms with Crippen LogP contribution in [0.3, 0.4) is 0 Å². The molecule has 4 rings (SSSR count). The Balaban J connectivity index is 1.51. The number of benzene rings is 1. The molecule has 0 spiro atoms. The Kier molecular flexibility index (Phi) is 8.45. The highest BCUT2D eigenvalue weighted by Crippen LogP contribution is 2.30. The fourth-order valence-electron chi connectivity index (χ4n) is 4.82. The Bertz CT molecular complexity index is 1320. The molecule has 0 bridgehead atoms. The largest absolute Gasteiger partial charge is 0.309 e. The van der Waals surface area contributed by atoms with E-state index in [9.17, 15) is 4.39 Å². The molecule has 1 aromatic carbocycles. The van der Waals surface area contributed by atoms with Crippen molar-refractivity contribution in [1.82, 2.24) is 29.5 Å². The number of hydrogen-bond donors (Lipinski definition) is 1. The van der Waals surface area contributed by atoms with E-state index in [0.29, 0.717) is 11.4 Å². The van der Waals surface area contributed by atoms with Crippen LogP contribution in [0, 0.1) is 5.82 Å². The molecule has 8 nitrogen and oxygen atoms in total. The number of halogens is 1. The Morgan fingerprint density at radius 3 is 2.59 bits per heavy atom. The van der Waals surface area contributed by atoms with Crippen LogP contribution in [0.4, 0.5) is 10.3 Å². The minimum Gasteiger partial charge on any atom is -0.309 e. The molecular weight excluding hydrogens is 467 g/mol. The van der Waals surface area contributed by atoms with Crippen molar-refractivity contribution in [2.24, 2.45) is 12.0 Å². The van der Waals surface area contributed by atoms with Crippen molar-refractivity contribution in [3.8, 4) is 11.3 Å². The molecule has 3 heterocycles. The van der Waals surface area contributed by atoms with Gasteiger partial charge in [0.2, 0.25) is 5.95 Å². The van der Waals surface area contributed by atoms with Gasteiger partial charge in [-0.3, -0.25) is 9.58 Å². The number of aryl methyl sites for hydroxylation is 1. The van der Waals surface area contributed by atoms with Crippen LogP contribution < -0.4 is 5.32 Å². The fraction of sp³-hybridized carbons (Fsp3) is 0.429. The van der Waals surface area contributed by atoms with E-state index in [4.69, 9.17) is 0 Å². The number of aliphatic imine (C=N–C) groups is 1. The summed E-state index contributed by atoms with van der Waals surface area (Å²) in [5, 5.41) is 8.64. The van der Waals surface area contributed by atoms with E-state index in [1.165, 1.54) is 11.8 Å². The maximum absolute atomic E-state index is 14.8. The topological polar surface area (TPSA) is 74.5 Å². The SMILES string of the molecule is C=N/C(=C\C=C(/C)CN1CCN(CC)CC1)Nc1ncc(F)c(-c2ccc3nn(C)c(C(C)C)c3c2)n1. The molecule has 1 N–H and O–H groups in total. The van der Waals surface area contributed by atoms with Gasteiger partial charge in [-0.15, -0.1) is 0 Å². The Hall–Kier alpha value is -3.43. The summed E-state index contributed by atoms with van der Waals surface area (Å²) in [6.45, 7) is 18.6. The molecule has 2 aromatic heterocycles. The summed E-state index contributed by atoms with van der Waals surface area (Å²) in [4.78, 5) is 17.6. The van der Waals surface area contributed by atoms with Crippen LogP contribution in [-0.4, -0.2) is 75.5 Å². The predicted octanol–water partition coefficient (Wildman–Crippen LogP) is 4.83. The molecule has 0 unspecified atom stereocenters. The lowest BCUT2D eigenvalue weighted by Gasteiger charge is -2.34. The molecule has 9 heteroatoms. The highest BCUT2D eigenvalue weighted by atomic mass is 19.1. The van der Waals surface area contributed by atoms with E-state index < -0.39 is 5.82 Å². The molecule has 3 aromatic rings. The second kappa shape index (κ2) is 11.7. The summed E-state index contributed by atoms with van der Waals surface area (Å²) in [6, 6.07) is 5.68. The highest BCUT2D eigenvalue weighted by Gasteiger charge is 2.17. The average Bonchev–Trinajstić information content (AvgIpc) is 3.23. The van der Waals surface area contributed by atoms with Gasteiger partial charge in [0.25, 0.3) is 0 Å². The smallest absolute Gasteiger partial charge is 0.229 e. The minimum atomic E-state index is -0.490. The second-order valence-electron chi connectivity index (χ2n) is 9.84. The Morgan fingerprint density at radius 2 is 1.92 bits per heavy atom. The van der Waals surface area contributed by atoms with Gasteiger partial charge in [0, 0.05) is 56.4 Å². The number of fused-ring (bicyclic) bond motifs is 1. The molecular formula is C28H37FN8. The van der Waals surface area contributed by atoms with Crippen LogP contribution in [0.25, 0.3) is 22.2 Å². The van der Waals surface area contributed by atoms with Crippen molar-refractivity contribution in [3.05, 3.63) is 59.5 Å². The lowest BCUT2D eigenvalue weighted by atomic mass is 10.0. The zero-order chi connectivity index (χ0) is 26.5. The molecule has 1 aliphatic heterocycles. The number of likely N-dealkylation sites (N-methyl/N-ethyl adjacent to an activating group) is 1. The predicted molar refractivity (Wildman–Crippen MR) is 149 cm³/mol. The van der Waals surface area contributed by atoms with Gasteiger partial charge in [-0.1, -0.05) is 38.5 Å². The third-order valence-electron chi connectivity index (χ3n) is 6.76. The van der Waals surface area contributed by atoms with E-state index in [-0.39, 0.29) is 17.6 Å². The number of rotatable bonds is 9. The summed E-state index contributed by atoms with van der Waals surface area (Å²) >= 11 is 0. The summed E-state index contributed by atoms with van der Waals surface area (Å²) in [5.41, 5.74) is 4.08. The first-order chi connectivity index (χ1) is 17.8. The van der Waals surface area contributed by atoms with E-state index in [1.54, 1.807) is 0 Å². The van der Waals surface area contributed by atoms with Gasteiger partial charge in [0.15, 0.2) is 5.82 Å². The summed E-state index contributed by atoms with van der Waals surface area (Å²) in [6.07, 6.45) is 5.06. The van der Waals surface area contributed by atoms with Gasteiger partial charge in [-0.25, -0.2) is 19.4 Å². The van der Waals surface area contributed by atoms with Crippen molar-refractivity contribution in [2.75, 3.05) is 44.6 Å². The van der Waals surface area contributed by atoms with Crippen molar-refractivity contribution in [3.63, 3.8) is 0 Å². The van der Waals surface area contributed by atoms with E-state index in [0.717, 1.165) is 55.9 Å². The maximum Gasteiger partial charge on any atom is 0.229 e. The van der Waals surface area contributed by atoms with Crippen LogP contribution >= 0.6 is 0 Å². The Labute approximate surface area is 218 Å². The minimum absolute atomic E-state index is 0.222. The lowest BCUT2D eigenvalue weighted by molar-refractivity contribution is 0.146. The van der Waals surface area contributed by atoms with Crippen LogP contribution in [0.1, 0.15) is 39.3 Å². The van der Waals surface area contributed by atoms with Gasteiger partial charge in [0.05, 0.1) is 11.7 Å². The molecule has 1 saturated heterocycles. The normalized spacial score (nSPS) is 16.1. The van der Waals surface area contributed by atoms with Crippen molar-refractivity contribution < 1.29 is 4.39 Å². The van der Waals surface area contributed by atoms with E-state index in [2.05, 4.69) is 69.6 Å². The zero-order valence-electron chi connectivity index (χ0n) is 22.5. The number of aromatic nitrogens is 4. The second-order valence-corrected chi connectivity index (χ2v) is 9.84. The van der Waals surface area contributed by atoms with Crippen LogP contribution in [0.15, 0.2) is 52.9 Å². The van der Waals surface area contributed by atoms with Crippen molar-refractivity contribution in [1.29, 1.82) is 0 Å². The average molecular weight is 505 g/mol. The first kappa shape index (κ1) is 26.6. The number of allylic oxidation sites excluding steroid dienone is 2. The summed E-state index contributed by atoms with van der Waals surface area (Å²) in [7, 11) is 1.93. The molecule has 0 atom stereocenters. The molecule has 0 saturated carbocycles. The van der Waals surface area contributed by atoms with E-state index in [1.807, 2.05) is 42.1 Å². The van der Waals surface area contributed by atoms with Gasteiger partial charge in [-0.2, -0.15) is 5.10 Å². The van der Waals surface area contributed by atoms with Crippen molar-refractivity contribution >= 4 is 23.6 Å². The lowest BCUT2D eigenvalue weighted by Crippen LogP contribution is -2.46. The summed E-state index contributed by atoms with van der Waals surface area (Å²) < 4.78 is 16.7. The number of hydrogen-bond acceptors (Lipinski definition) is 7. The van der Waals surface area contributed by atoms with Crippen molar-refractivity contribution in [2.45, 2.75) is 33.6 Å². The first-order valence-corrected chi connectivity index (χ1v) is 12.8. The quantitative estimate of drug-likeness (QED) is 0.332. The third kappa shape index (κ3) is 6.29. The third-order valence-corrected chi connectivity index (χ3v) is 6.76. The van der Waals surface area contributed by atoms with E-state index >= 15 is 0 Å². The molecule has 37 heavy (non-hydrogen) atoms. The Morgan fingerprint density at radius 1 is 1.19 bits per heavy atom. The highest BCUT2D eigenvalue weighted by molar-refractivity contribution is 5.86. The molecule has 196 valence electrons. The first-order valence-electron chi connectivity index (χ1n) is 12.8. The standard InChI is InChI=1S/C28H37FN8/c1-7-36-12-14-37(15-13-36)18-20(4)8-11-25(30-5)32-28-31-17-23(29)26(33-28)21-9-10-24-22(16-21)27(19(2)3)35(6)34-24/h8-11,16-17,19H,5,7,12-15,18H2,1-4,6H3,(H,31,32,33)/b20-8+,25-11+. The molecule has 1 aliphatic rings. The molecule has 0 aliphatic carbocycles. The number of nitrogens with zero attached hydrogens (tertiary/aromatic N) is 7. The monoisotopic (exact) mass is 504 g/mol. The van der Waals surface area contributed by atoms with Gasteiger partial charge >= 0.3 is 0 Å². The van der Waals surface area contributed by atoms with Gasteiger partial charge < -0.3 is 10.2 Å². The van der Waals surface area contributed by atoms with Crippen LogP contribution in [0.5, 0.6) is 0 Å². The summed E-state index contributed by atoms with van der Waals surface area (Å²) in [5.74, 6) is 0.544. The maximum atomic E-state index is 14.8. The number of nitrogens with one attached hydrogen (secondary N) is 1. The molecule has 1 fully saturated rings. The van der Waals surface area contributed by atoms with Crippen LogP contribution in [0.2, 0.25) is 0 Å². The number of piperazine rings is 1. The van der Waals surface area contributed by atoms with Gasteiger partial charge in [-0.05, 0) is 44.3 Å². The molecule has 0 amide bonds. The van der Waals surface area contributed by atoms with Gasteiger partial charge in [0.1, 0.15) is 11.5 Å². The molecule has 0 radical (unpaired) electrons. The fourth-order valence-corrected chi connectivity index (χ4v) is 4.82. The number of anilines is 1. The zero-order valence-corrected chi connectivity index (χ0v) is 22.5.